The number of nitrogens with one attached hydrogen (secondary N) is 2. The smallest absolute Gasteiger partial charge is 0.281 e. The van der Waals surface area contributed by atoms with E-state index in [1.807, 2.05) is 65.1 Å². The Hall–Kier alpha value is -3.38. The highest BCUT2D eigenvalue weighted by molar-refractivity contribution is 7.12. The van der Waals surface area contributed by atoms with Gasteiger partial charge in [0, 0.05) is 24.7 Å². The van der Waals surface area contributed by atoms with E-state index in [9.17, 15) is 4.79 Å². The zero-order chi connectivity index (χ0) is 19.6. The van der Waals surface area contributed by atoms with Crippen molar-refractivity contribution < 1.29 is 4.79 Å². The second-order valence-corrected chi connectivity index (χ2v) is 7.89. The van der Waals surface area contributed by atoms with Crippen LogP contribution in [0.2, 0.25) is 0 Å². The molecule has 0 aliphatic carbocycles. The van der Waals surface area contributed by atoms with Crippen LogP contribution in [0.5, 0.6) is 0 Å². The average Bonchev–Trinajstić information content (AvgIpc) is 3.39. The number of hydrogen-bond acceptors (Lipinski definition) is 5. The van der Waals surface area contributed by atoms with E-state index in [0.717, 1.165) is 40.8 Å². The summed E-state index contributed by atoms with van der Waals surface area (Å²) in [7, 11) is 0. The maximum Gasteiger partial charge on any atom is 0.281 e. The van der Waals surface area contributed by atoms with Crippen molar-refractivity contribution in [2.45, 2.75) is 13.0 Å². The van der Waals surface area contributed by atoms with Crippen LogP contribution in [-0.2, 0) is 13.0 Å². The van der Waals surface area contributed by atoms with Gasteiger partial charge in [-0.2, -0.15) is 0 Å². The zero-order valence-electron chi connectivity index (χ0n) is 15.8. The lowest BCUT2D eigenvalue weighted by atomic mass is 10.1. The molecule has 1 aliphatic heterocycles. The van der Waals surface area contributed by atoms with E-state index < -0.39 is 0 Å². The van der Waals surface area contributed by atoms with E-state index in [4.69, 9.17) is 0 Å². The van der Waals surface area contributed by atoms with Gasteiger partial charge in [0.25, 0.3) is 5.91 Å². The molecule has 5 rings (SSSR count). The van der Waals surface area contributed by atoms with Crippen LogP contribution < -0.4 is 15.8 Å². The molecule has 1 amide bonds. The highest BCUT2D eigenvalue weighted by Crippen LogP contribution is 2.28. The van der Waals surface area contributed by atoms with Gasteiger partial charge in [-0.25, -0.2) is 0 Å². The number of benzene rings is 2. The summed E-state index contributed by atoms with van der Waals surface area (Å²) in [6.07, 6.45) is 2.77. The highest BCUT2D eigenvalue weighted by Gasteiger charge is 2.22. The largest absolute Gasteiger partial charge is 0.380 e. The van der Waals surface area contributed by atoms with Crippen LogP contribution in [-0.4, -0.2) is 17.4 Å². The molecule has 2 aromatic heterocycles. The molecular formula is C23H20N4OS. The zero-order valence-corrected chi connectivity index (χ0v) is 16.6. The van der Waals surface area contributed by atoms with Gasteiger partial charge in [0.2, 0.25) is 0 Å². The van der Waals surface area contributed by atoms with Crippen molar-refractivity contribution in [3.8, 4) is 0 Å². The van der Waals surface area contributed by atoms with Crippen LogP contribution >= 0.6 is 11.3 Å². The number of carbonyl (C=O) groups is 1. The fraction of sp³-hybridized carbons (Fsp3) is 0.130. The predicted octanol–water partition coefficient (Wildman–Crippen LogP) is 4.62. The molecule has 4 aromatic rings. The average molecular weight is 401 g/mol. The Morgan fingerprint density at radius 1 is 1.07 bits per heavy atom. The topological polar surface area (TPSA) is 57.3 Å². The Balaban J connectivity index is 1.31. The van der Waals surface area contributed by atoms with E-state index >= 15 is 0 Å². The van der Waals surface area contributed by atoms with Crippen LogP contribution in [0.1, 0.15) is 20.8 Å². The lowest BCUT2D eigenvalue weighted by Gasteiger charge is -2.20. The number of hydrogen-bond donors (Lipinski definition) is 2. The first-order valence-corrected chi connectivity index (χ1v) is 10.5. The van der Waals surface area contributed by atoms with Crippen molar-refractivity contribution in [3.05, 3.63) is 88.2 Å². The minimum atomic E-state index is -0.0845. The Morgan fingerprint density at radius 3 is 2.90 bits per heavy atom. The summed E-state index contributed by atoms with van der Waals surface area (Å²) in [4.78, 5) is 18.0. The standard InChI is InChI=1S/C23H20N4OS/c28-23(26-27-13-10-16-5-1-4-8-21(16)27)22-20(11-14-29-22)25-15-17-9-12-24-19-7-3-2-6-18(17)19/h1-9,11-12,14,25H,10,13,15H2,(H,26,28). The molecule has 0 spiro atoms. The summed E-state index contributed by atoms with van der Waals surface area (Å²) in [6, 6.07) is 20.3. The molecule has 3 heterocycles. The van der Waals surface area contributed by atoms with Gasteiger partial charge in [0.05, 0.1) is 16.9 Å². The number of fused-ring (bicyclic) bond motifs is 2. The van der Waals surface area contributed by atoms with Gasteiger partial charge in [0.15, 0.2) is 0 Å². The van der Waals surface area contributed by atoms with Crippen molar-refractivity contribution in [3.63, 3.8) is 0 Å². The van der Waals surface area contributed by atoms with Crippen LogP contribution in [0.3, 0.4) is 0 Å². The molecule has 0 saturated carbocycles. The minimum Gasteiger partial charge on any atom is -0.380 e. The molecule has 5 nitrogen and oxygen atoms in total. The monoisotopic (exact) mass is 400 g/mol. The van der Waals surface area contributed by atoms with Gasteiger partial charge in [0.1, 0.15) is 4.88 Å². The van der Waals surface area contributed by atoms with E-state index in [0.29, 0.717) is 11.4 Å². The molecule has 1 aliphatic rings. The molecule has 2 aromatic carbocycles. The summed E-state index contributed by atoms with van der Waals surface area (Å²) in [6.45, 7) is 1.43. The second-order valence-electron chi connectivity index (χ2n) is 6.98. The molecule has 144 valence electrons. The van der Waals surface area contributed by atoms with Crippen molar-refractivity contribution in [1.29, 1.82) is 0 Å². The molecule has 0 unspecified atom stereocenters. The minimum absolute atomic E-state index is 0.0845. The fourth-order valence-corrected chi connectivity index (χ4v) is 4.51. The Morgan fingerprint density at radius 2 is 1.93 bits per heavy atom. The first kappa shape index (κ1) is 17.7. The first-order valence-electron chi connectivity index (χ1n) is 9.60. The fourth-order valence-electron chi connectivity index (χ4n) is 3.75. The lowest BCUT2D eigenvalue weighted by Crippen LogP contribution is -2.41. The van der Waals surface area contributed by atoms with Gasteiger partial charge in [-0.15, -0.1) is 11.3 Å². The number of anilines is 2. The molecule has 2 N–H and O–H groups in total. The first-order chi connectivity index (χ1) is 14.3. The summed E-state index contributed by atoms with van der Waals surface area (Å²) in [5.74, 6) is -0.0845. The maximum absolute atomic E-state index is 12.9. The molecule has 6 heteroatoms. The number of nitrogens with zero attached hydrogens (tertiary/aromatic N) is 2. The summed E-state index contributed by atoms with van der Waals surface area (Å²) in [5, 5.41) is 8.44. The highest BCUT2D eigenvalue weighted by atomic mass is 32.1. The maximum atomic E-state index is 12.9. The molecule has 0 radical (unpaired) electrons. The second kappa shape index (κ2) is 7.56. The van der Waals surface area contributed by atoms with Crippen molar-refractivity contribution in [2.75, 3.05) is 16.9 Å². The Labute approximate surface area is 173 Å². The van der Waals surface area contributed by atoms with Crippen LogP contribution in [0.15, 0.2) is 72.2 Å². The van der Waals surface area contributed by atoms with Crippen molar-refractivity contribution >= 4 is 39.5 Å². The summed E-state index contributed by atoms with van der Waals surface area (Å²) in [5.41, 5.74) is 8.38. The number of thiophene rings is 1. The number of hydrazine groups is 1. The Bertz CT molecular complexity index is 1180. The van der Waals surface area contributed by atoms with E-state index in [1.165, 1.54) is 16.9 Å². The van der Waals surface area contributed by atoms with Gasteiger partial charge >= 0.3 is 0 Å². The van der Waals surface area contributed by atoms with Gasteiger partial charge in [-0.3, -0.25) is 20.2 Å². The molecule has 0 fully saturated rings. The third kappa shape index (κ3) is 3.43. The molecule has 0 bridgehead atoms. The van der Waals surface area contributed by atoms with Gasteiger partial charge < -0.3 is 5.32 Å². The molecule has 0 atom stereocenters. The van der Waals surface area contributed by atoms with Crippen LogP contribution in [0, 0.1) is 0 Å². The van der Waals surface area contributed by atoms with Crippen LogP contribution in [0.25, 0.3) is 10.9 Å². The lowest BCUT2D eigenvalue weighted by molar-refractivity contribution is 0.0954. The Kier molecular flexibility index (Phi) is 4.62. The molecular weight excluding hydrogens is 380 g/mol. The molecule has 29 heavy (non-hydrogen) atoms. The summed E-state index contributed by atoms with van der Waals surface area (Å²) < 4.78 is 0. The van der Waals surface area contributed by atoms with E-state index in [1.54, 1.807) is 0 Å². The van der Waals surface area contributed by atoms with Crippen molar-refractivity contribution in [2.24, 2.45) is 0 Å². The number of carbonyl (C=O) groups excluding carboxylic acids is 1. The van der Waals surface area contributed by atoms with Crippen molar-refractivity contribution in [1.82, 2.24) is 10.4 Å². The van der Waals surface area contributed by atoms with Gasteiger partial charge in [-0.05, 0) is 47.2 Å². The van der Waals surface area contributed by atoms with E-state index in [2.05, 4.69) is 27.9 Å². The molecule has 0 saturated heterocycles. The SMILES string of the molecule is O=C(NN1CCc2ccccc21)c1sccc1NCc1ccnc2ccccc12. The number of pyridine rings is 1. The summed E-state index contributed by atoms with van der Waals surface area (Å²) >= 11 is 1.45. The number of para-hydroxylation sites is 2. The quantitative estimate of drug-likeness (QED) is 0.513. The van der Waals surface area contributed by atoms with Gasteiger partial charge in [-0.1, -0.05) is 36.4 Å². The normalized spacial score (nSPS) is 12.8. The third-order valence-corrected chi connectivity index (χ3v) is 6.12. The third-order valence-electron chi connectivity index (χ3n) is 5.20. The predicted molar refractivity (Wildman–Crippen MR) is 118 cm³/mol. The van der Waals surface area contributed by atoms with Crippen LogP contribution in [0.4, 0.5) is 11.4 Å². The number of aromatic nitrogens is 1. The number of amides is 1. The van der Waals surface area contributed by atoms with E-state index in [-0.39, 0.29) is 5.91 Å². The number of rotatable bonds is 5.